The number of piperidine rings is 2. The molecule has 10 unspecified atom stereocenters. The van der Waals surface area contributed by atoms with Crippen molar-refractivity contribution in [2.24, 2.45) is 23.7 Å². The quantitative estimate of drug-likeness (QED) is 0.490. The van der Waals surface area contributed by atoms with E-state index in [9.17, 15) is 18.7 Å². The van der Waals surface area contributed by atoms with Crippen LogP contribution in [0.5, 0.6) is 0 Å². The van der Waals surface area contributed by atoms with Crippen molar-refractivity contribution >= 4 is 15.1 Å². The van der Waals surface area contributed by atoms with Gasteiger partial charge < -0.3 is 15.3 Å². The van der Waals surface area contributed by atoms with Crippen molar-refractivity contribution in [2.75, 3.05) is 13.1 Å². The van der Waals surface area contributed by atoms with Crippen molar-refractivity contribution in [1.29, 1.82) is 0 Å². The summed E-state index contributed by atoms with van der Waals surface area (Å²) in [7, 11) is 1.64. The van der Waals surface area contributed by atoms with Gasteiger partial charge in [0, 0.05) is 37.1 Å². The van der Waals surface area contributed by atoms with E-state index in [0.717, 1.165) is 51.0 Å². The molecule has 3 aliphatic carbocycles. The Hall–Kier alpha value is -0.400. The predicted molar refractivity (Wildman–Crippen MR) is 138 cm³/mol. The van der Waals surface area contributed by atoms with E-state index in [4.69, 9.17) is 0 Å². The van der Waals surface area contributed by atoms with E-state index >= 15 is 0 Å². The molecular formula is C27H45F2N4O2P. The SMILES string of the molecule is O=C(C1CCC(C(F)(F)P)NC1)N1CCC2C3C(CCCCC31)NN2C1CCC(C2CCC2)CC1O. The number of halogens is 2. The number of aliphatic hydroxyl groups excluding tert-OH is 1. The first-order valence-corrected chi connectivity index (χ1v) is 15.3. The fourth-order valence-corrected chi connectivity index (χ4v) is 9.01. The molecule has 9 heteroatoms. The highest BCUT2D eigenvalue weighted by atomic mass is 31.0. The summed E-state index contributed by atoms with van der Waals surface area (Å²) in [4.78, 5) is 15.8. The van der Waals surface area contributed by atoms with Crippen LogP contribution in [0.25, 0.3) is 0 Å². The number of likely N-dealkylation sites (tertiary alicyclic amines) is 1. The van der Waals surface area contributed by atoms with E-state index in [1.807, 2.05) is 0 Å². The second-order valence-electron chi connectivity index (χ2n) is 12.8. The molecule has 1 amide bonds. The molecule has 6 rings (SSSR count). The minimum Gasteiger partial charge on any atom is -0.391 e. The van der Waals surface area contributed by atoms with Gasteiger partial charge in [-0.1, -0.05) is 41.3 Å². The van der Waals surface area contributed by atoms with E-state index < -0.39 is 11.7 Å². The van der Waals surface area contributed by atoms with E-state index in [-0.39, 0.29) is 30.0 Å². The summed E-state index contributed by atoms with van der Waals surface area (Å²) in [5.41, 5.74) is 1.04. The first-order valence-electron chi connectivity index (χ1n) is 14.7. The number of rotatable bonds is 4. The van der Waals surface area contributed by atoms with Crippen molar-refractivity contribution in [2.45, 2.75) is 125 Å². The lowest BCUT2D eigenvalue weighted by molar-refractivity contribution is -0.144. The minimum absolute atomic E-state index is 0.164. The van der Waals surface area contributed by atoms with E-state index in [1.165, 1.54) is 32.1 Å². The molecule has 0 radical (unpaired) electrons. The summed E-state index contributed by atoms with van der Waals surface area (Å²) in [6.07, 6.45) is 13.3. The number of aliphatic hydroxyl groups is 1. The molecule has 36 heavy (non-hydrogen) atoms. The van der Waals surface area contributed by atoms with Gasteiger partial charge in [-0.3, -0.25) is 10.2 Å². The van der Waals surface area contributed by atoms with E-state index in [2.05, 4.69) is 20.7 Å². The highest BCUT2D eigenvalue weighted by Gasteiger charge is 2.54. The molecule has 3 saturated heterocycles. The average molecular weight is 527 g/mol. The van der Waals surface area contributed by atoms with Gasteiger partial charge in [0.1, 0.15) is 0 Å². The lowest BCUT2D eigenvalue weighted by Gasteiger charge is -2.49. The Labute approximate surface area is 216 Å². The minimum atomic E-state index is -2.83. The molecule has 0 aromatic heterocycles. The van der Waals surface area contributed by atoms with Crippen LogP contribution in [-0.4, -0.2) is 76.0 Å². The normalized spacial score (nSPS) is 44.6. The average Bonchev–Trinajstić information content (AvgIpc) is 3.04. The highest BCUT2D eigenvalue weighted by Crippen LogP contribution is 2.46. The van der Waals surface area contributed by atoms with Gasteiger partial charge in [-0.15, -0.1) is 0 Å². The third kappa shape index (κ3) is 4.76. The number of carbonyl (C=O) groups is 1. The summed E-state index contributed by atoms with van der Waals surface area (Å²) < 4.78 is 27.5. The highest BCUT2D eigenvalue weighted by molar-refractivity contribution is 7.18. The molecule has 0 bridgehead atoms. The monoisotopic (exact) mass is 526 g/mol. The summed E-state index contributed by atoms with van der Waals surface area (Å²) in [6, 6.07) is 0.254. The zero-order valence-corrected chi connectivity index (χ0v) is 22.6. The molecule has 6 fully saturated rings. The lowest BCUT2D eigenvalue weighted by Crippen LogP contribution is -2.60. The van der Waals surface area contributed by atoms with Crippen molar-refractivity contribution in [1.82, 2.24) is 20.7 Å². The van der Waals surface area contributed by atoms with Gasteiger partial charge in [0.2, 0.25) is 5.91 Å². The maximum Gasteiger partial charge on any atom is 0.273 e. The number of hydrazine groups is 1. The van der Waals surface area contributed by atoms with Crippen LogP contribution in [0.4, 0.5) is 8.78 Å². The smallest absolute Gasteiger partial charge is 0.273 e. The molecular weight excluding hydrogens is 481 g/mol. The van der Waals surface area contributed by atoms with Crippen LogP contribution < -0.4 is 10.7 Å². The van der Waals surface area contributed by atoms with Crippen LogP contribution in [0.15, 0.2) is 0 Å². The largest absolute Gasteiger partial charge is 0.391 e. The molecule has 0 aromatic carbocycles. The van der Waals surface area contributed by atoms with Gasteiger partial charge in [-0.25, -0.2) is 13.8 Å². The second kappa shape index (κ2) is 10.3. The molecule has 6 aliphatic rings. The number of amides is 1. The molecule has 6 nitrogen and oxygen atoms in total. The maximum atomic E-state index is 13.7. The molecule has 3 saturated carbocycles. The number of nitrogens with zero attached hydrogens (tertiary/aromatic N) is 2. The molecule has 0 spiro atoms. The summed E-state index contributed by atoms with van der Waals surface area (Å²) in [5.74, 6) is 1.88. The number of nitrogens with one attached hydrogen (secondary N) is 2. The summed E-state index contributed by atoms with van der Waals surface area (Å²) in [5, 5.41) is 16.6. The fourth-order valence-electron chi connectivity index (χ4n) is 8.72. The van der Waals surface area contributed by atoms with Gasteiger partial charge in [-0.05, 0) is 63.2 Å². The zero-order chi connectivity index (χ0) is 25.0. The third-order valence-corrected chi connectivity index (χ3v) is 11.3. The van der Waals surface area contributed by atoms with E-state index in [1.54, 1.807) is 9.24 Å². The first-order chi connectivity index (χ1) is 17.3. The molecule has 204 valence electrons. The second-order valence-corrected chi connectivity index (χ2v) is 13.5. The van der Waals surface area contributed by atoms with Crippen molar-refractivity contribution in [3.63, 3.8) is 0 Å². The van der Waals surface area contributed by atoms with Crippen molar-refractivity contribution in [3.05, 3.63) is 0 Å². The van der Waals surface area contributed by atoms with Crippen molar-refractivity contribution in [3.8, 4) is 0 Å². The Kier molecular flexibility index (Phi) is 7.39. The van der Waals surface area contributed by atoms with Gasteiger partial charge in [0.15, 0.2) is 0 Å². The van der Waals surface area contributed by atoms with Crippen molar-refractivity contribution < 1.29 is 18.7 Å². The van der Waals surface area contributed by atoms with E-state index in [0.29, 0.717) is 43.3 Å². The Morgan fingerprint density at radius 1 is 0.889 bits per heavy atom. The standard InChI is InChI=1S/C27H45F2N4O2P/c28-27(29,36)24-11-9-18(15-30-24)26(35)32-13-12-22-25-19(6-1-2-7-21(25)32)31-33(22)20-10-8-17(14-23(20)34)16-4-3-5-16/h16-25,30-31,34H,1-15,36H2. The molecule has 3 N–H and O–H groups in total. The molecule has 10 atom stereocenters. The van der Waals surface area contributed by atoms with Crippen LogP contribution in [0.2, 0.25) is 0 Å². The summed E-state index contributed by atoms with van der Waals surface area (Å²) >= 11 is 0. The third-order valence-electron chi connectivity index (χ3n) is 10.9. The topological polar surface area (TPSA) is 67.8 Å². The number of carbonyl (C=O) groups excluding carboxylic acids is 1. The number of alkyl halides is 2. The van der Waals surface area contributed by atoms with Gasteiger partial charge in [0.05, 0.1) is 24.1 Å². The fraction of sp³-hybridized carbons (Fsp3) is 0.963. The molecule has 0 aromatic rings. The van der Waals surface area contributed by atoms with Crippen LogP contribution in [0, 0.1) is 23.7 Å². The van der Waals surface area contributed by atoms with Crippen LogP contribution in [0.3, 0.4) is 0 Å². The Morgan fingerprint density at radius 3 is 2.36 bits per heavy atom. The first kappa shape index (κ1) is 25.9. The molecule has 3 heterocycles. The van der Waals surface area contributed by atoms with Crippen LogP contribution in [0.1, 0.15) is 83.5 Å². The van der Waals surface area contributed by atoms with Gasteiger partial charge >= 0.3 is 0 Å². The zero-order valence-electron chi connectivity index (χ0n) is 21.5. The lowest BCUT2D eigenvalue weighted by atomic mass is 9.68. The van der Waals surface area contributed by atoms with Crippen LogP contribution in [-0.2, 0) is 4.79 Å². The number of hydrogen-bond acceptors (Lipinski definition) is 5. The Morgan fingerprint density at radius 2 is 1.69 bits per heavy atom. The van der Waals surface area contributed by atoms with Gasteiger partial charge in [0.25, 0.3) is 5.66 Å². The maximum absolute atomic E-state index is 13.7. The Bertz CT molecular complexity index is 803. The predicted octanol–water partition coefficient (Wildman–Crippen LogP) is 3.50. The van der Waals surface area contributed by atoms with Gasteiger partial charge in [-0.2, -0.15) is 0 Å². The molecule has 3 aliphatic heterocycles. The Balaban J connectivity index is 1.13. The number of hydrogen-bond donors (Lipinski definition) is 3. The summed E-state index contributed by atoms with van der Waals surface area (Å²) in [6.45, 7) is 1.08. The van der Waals surface area contributed by atoms with Crippen LogP contribution >= 0.6 is 9.24 Å².